The van der Waals surface area contributed by atoms with E-state index in [-0.39, 0.29) is 0 Å². The number of nitrogens with one attached hydrogen (secondary N) is 4. The van der Waals surface area contributed by atoms with E-state index < -0.39 is 17.9 Å². The van der Waals surface area contributed by atoms with Gasteiger partial charge in [-0.15, -0.1) is 0 Å². The fourth-order valence-electron chi connectivity index (χ4n) is 3.80. The van der Waals surface area contributed by atoms with Crippen LogP contribution in [0.5, 0.6) is 0 Å². The van der Waals surface area contributed by atoms with E-state index >= 15 is 0 Å². The first kappa shape index (κ1) is 30.9. The summed E-state index contributed by atoms with van der Waals surface area (Å²) in [6, 6.07) is 27.3. The number of carbonyl (C=O) groups is 2. The lowest BCUT2D eigenvalue weighted by Gasteiger charge is -2.15. The molecule has 1 atom stereocenters. The molecular weight excluding hydrogens is 518 g/mol. The van der Waals surface area contributed by atoms with Crippen LogP contribution in [0.25, 0.3) is 0 Å². The van der Waals surface area contributed by atoms with Crippen LogP contribution in [0.3, 0.4) is 0 Å². The zero-order valence-electron chi connectivity index (χ0n) is 22.9. The van der Waals surface area contributed by atoms with Gasteiger partial charge in [0.1, 0.15) is 6.04 Å². The average Bonchev–Trinajstić information content (AvgIpc) is 3.02. The molecule has 1 amide bonds. The van der Waals surface area contributed by atoms with E-state index in [9.17, 15) is 14.7 Å². The van der Waals surface area contributed by atoms with Crippen molar-refractivity contribution >= 4 is 17.6 Å². The summed E-state index contributed by atoms with van der Waals surface area (Å²) in [6.45, 7) is 2.55. The van der Waals surface area contributed by atoms with Crippen LogP contribution in [0.4, 0.5) is 5.69 Å². The van der Waals surface area contributed by atoms with Crippen LogP contribution in [0.15, 0.2) is 103 Å². The zero-order chi connectivity index (χ0) is 29.1. The number of anilines is 1. The highest BCUT2D eigenvalue weighted by molar-refractivity contribution is 5.96. The van der Waals surface area contributed by atoms with Gasteiger partial charge in [-0.3, -0.25) is 20.6 Å². The Balaban J connectivity index is 0.000000496. The molecule has 0 bridgehead atoms. The van der Waals surface area contributed by atoms with Crippen LogP contribution in [0, 0.1) is 0 Å². The highest BCUT2D eigenvalue weighted by Crippen LogP contribution is 2.07. The van der Waals surface area contributed by atoms with Crippen LogP contribution in [-0.4, -0.2) is 39.5 Å². The number of amides is 1. The Bertz CT molecular complexity index is 1290. The molecule has 0 unspecified atom stereocenters. The van der Waals surface area contributed by atoms with Crippen LogP contribution >= 0.6 is 0 Å². The molecule has 0 fully saturated rings. The molecule has 10 heteroatoms. The number of carboxylic acids is 1. The van der Waals surface area contributed by atoms with E-state index in [4.69, 9.17) is 5.84 Å². The predicted octanol–water partition coefficient (Wildman–Crippen LogP) is 3.49. The molecule has 0 saturated heterocycles. The van der Waals surface area contributed by atoms with E-state index in [0.717, 1.165) is 22.6 Å². The van der Waals surface area contributed by atoms with Crippen molar-refractivity contribution in [1.29, 1.82) is 0 Å². The number of carboxylic acid groups (broad SMARTS) is 1. The molecule has 41 heavy (non-hydrogen) atoms. The third kappa shape index (κ3) is 12.0. The molecule has 4 aromatic rings. The number of aliphatic carboxylic acids is 1. The van der Waals surface area contributed by atoms with Gasteiger partial charge in [-0.25, -0.2) is 4.79 Å². The summed E-state index contributed by atoms with van der Waals surface area (Å²) in [6.07, 6.45) is 4.45. The summed E-state index contributed by atoms with van der Waals surface area (Å²) in [5.41, 5.74) is 6.81. The van der Waals surface area contributed by atoms with Crippen LogP contribution in [-0.2, 0) is 24.4 Å². The van der Waals surface area contributed by atoms with Gasteiger partial charge >= 0.3 is 5.97 Å². The summed E-state index contributed by atoms with van der Waals surface area (Å²) < 4.78 is 0. The standard InChI is InChI=1S/C25H29N5O3.C6H8N2/c31-24(20-11-9-19(10-12-20)16-27-18-22-7-2-4-15-29-22)30-23(25(32)33)8-5-13-26-17-21-6-1-3-14-28-21;7-8-6-4-2-1-3-5-6/h1-4,6-7,9-12,14-15,23,26-27H,5,8,13,16-18H2,(H,30,31)(H,32,33);1-5,8H,7H2/t23-;/m0./s1. The maximum Gasteiger partial charge on any atom is 0.326 e. The van der Waals surface area contributed by atoms with Gasteiger partial charge < -0.3 is 26.5 Å². The van der Waals surface area contributed by atoms with Gasteiger partial charge in [-0.2, -0.15) is 0 Å². The number of nitrogens with zero attached hydrogens (tertiary/aromatic N) is 2. The molecule has 2 aromatic carbocycles. The minimum Gasteiger partial charge on any atom is -0.480 e. The first-order valence-electron chi connectivity index (χ1n) is 13.4. The van der Waals surface area contributed by atoms with Crippen molar-refractivity contribution in [1.82, 2.24) is 25.9 Å². The Morgan fingerprint density at radius 2 is 1.37 bits per heavy atom. The highest BCUT2D eigenvalue weighted by Gasteiger charge is 2.20. The lowest BCUT2D eigenvalue weighted by Crippen LogP contribution is -2.41. The number of rotatable bonds is 14. The van der Waals surface area contributed by atoms with Crippen LogP contribution in [0.2, 0.25) is 0 Å². The number of carbonyl (C=O) groups excluding carboxylic acids is 1. The Hall–Kier alpha value is -4.64. The lowest BCUT2D eigenvalue weighted by molar-refractivity contribution is -0.139. The van der Waals surface area contributed by atoms with Crippen LogP contribution < -0.4 is 27.2 Å². The molecule has 4 rings (SSSR count). The molecule has 0 radical (unpaired) electrons. The van der Waals surface area contributed by atoms with Gasteiger partial charge in [0.05, 0.1) is 11.4 Å². The number of para-hydroxylation sites is 1. The smallest absolute Gasteiger partial charge is 0.326 e. The second-order valence-corrected chi connectivity index (χ2v) is 9.14. The zero-order valence-corrected chi connectivity index (χ0v) is 22.9. The summed E-state index contributed by atoms with van der Waals surface area (Å²) in [7, 11) is 0. The fourth-order valence-corrected chi connectivity index (χ4v) is 3.80. The van der Waals surface area contributed by atoms with Gasteiger partial charge in [0.15, 0.2) is 0 Å². The number of pyridine rings is 2. The third-order valence-corrected chi connectivity index (χ3v) is 6.00. The lowest BCUT2D eigenvalue weighted by atomic mass is 10.1. The molecular formula is C31H37N7O3. The summed E-state index contributed by atoms with van der Waals surface area (Å²) in [5, 5.41) is 18.6. The number of nitrogens with two attached hydrogens (primary N) is 1. The predicted molar refractivity (Wildman–Crippen MR) is 160 cm³/mol. The first-order valence-corrected chi connectivity index (χ1v) is 13.4. The Labute approximate surface area is 240 Å². The molecule has 7 N–H and O–H groups in total. The second-order valence-electron chi connectivity index (χ2n) is 9.14. The van der Waals surface area contributed by atoms with Crippen molar-refractivity contribution in [3.8, 4) is 0 Å². The molecule has 0 aliphatic rings. The SMILES string of the molecule is NNc1ccccc1.O=C(N[C@@H](CCCNCc1ccccn1)C(=O)O)c1ccc(CNCc2ccccn2)cc1. The highest BCUT2D eigenvalue weighted by atomic mass is 16.4. The Kier molecular flexibility index (Phi) is 13.5. The van der Waals surface area contributed by atoms with Crippen molar-refractivity contribution in [3.63, 3.8) is 0 Å². The molecule has 0 aliphatic carbocycles. The monoisotopic (exact) mass is 555 g/mol. The average molecular weight is 556 g/mol. The number of hydrogen-bond acceptors (Lipinski definition) is 8. The molecule has 0 spiro atoms. The van der Waals surface area contributed by atoms with E-state index in [1.165, 1.54) is 0 Å². The van der Waals surface area contributed by atoms with E-state index in [1.807, 2.05) is 78.9 Å². The van der Waals surface area contributed by atoms with E-state index in [0.29, 0.717) is 44.6 Å². The maximum absolute atomic E-state index is 12.5. The maximum atomic E-state index is 12.5. The molecule has 214 valence electrons. The third-order valence-electron chi connectivity index (χ3n) is 6.00. The van der Waals surface area contributed by atoms with E-state index in [1.54, 1.807) is 24.5 Å². The normalized spacial score (nSPS) is 11.0. The van der Waals surface area contributed by atoms with Crippen molar-refractivity contribution in [2.45, 2.75) is 38.5 Å². The Morgan fingerprint density at radius 3 is 1.90 bits per heavy atom. The van der Waals surface area contributed by atoms with Gasteiger partial charge in [-0.05, 0) is 73.5 Å². The summed E-state index contributed by atoms with van der Waals surface area (Å²) >= 11 is 0. The summed E-state index contributed by atoms with van der Waals surface area (Å²) in [4.78, 5) is 32.6. The van der Waals surface area contributed by atoms with E-state index in [2.05, 4.69) is 31.3 Å². The molecule has 0 saturated carbocycles. The number of nitrogen functional groups attached to an aromatic ring is 1. The second kappa shape index (κ2) is 17.9. The molecule has 2 heterocycles. The number of aromatic nitrogens is 2. The van der Waals surface area contributed by atoms with Crippen LogP contribution in [0.1, 0.15) is 40.2 Å². The molecule has 10 nitrogen and oxygen atoms in total. The number of benzene rings is 2. The number of hydrazine groups is 1. The van der Waals surface area contributed by atoms with Crippen molar-refractivity contribution in [3.05, 3.63) is 126 Å². The largest absolute Gasteiger partial charge is 0.480 e. The van der Waals surface area contributed by atoms with Crippen molar-refractivity contribution in [2.75, 3.05) is 12.0 Å². The molecule has 0 aliphatic heterocycles. The minimum atomic E-state index is -1.04. The van der Waals surface area contributed by atoms with Gasteiger partial charge in [0.25, 0.3) is 5.91 Å². The topological polar surface area (TPSA) is 154 Å². The van der Waals surface area contributed by atoms with Crippen molar-refractivity contribution < 1.29 is 14.7 Å². The Morgan fingerprint density at radius 1 is 0.756 bits per heavy atom. The first-order chi connectivity index (χ1) is 20.0. The quantitative estimate of drug-likeness (QED) is 0.0779. The van der Waals surface area contributed by atoms with Gasteiger partial charge in [-0.1, -0.05) is 42.5 Å². The fraction of sp³-hybridized carbons (Fsp3) is 0.226. The van der Waals surface area contributed by atoms with Gasteiger partial charge in [0, 0.05) is 43.3 Å². The molecule has 2 aromatic heterocycles. The minimum absolute atomic E-state index is 0.339. The van der Waals surface area contributed by atoms with Gasteiger partial charge in [0.2, 0.25) is 0 Å². The number of hydrogen-bond donors (Lipinski definition) is 6. The summed E-state index contributed by atoms with van der Waals surface area (Å²) in [5.74, 6) is 3.67. The van der Waals surface area contributed by atoms with Crippen molar-refractivity contribution in [2.24, 2.45) is 5.84 Å².